The molecule has 2 heteroatoms. The Labute approximate surface area is 80.3 Å². The number of hydrogen-bond donors (Lipinski definition) is 0. The lowest BCUT2D eigenvalue weighted by Crippen LogP contribution is -1.98. The van der Waals surface area contributed by atoms with Gasteiger partial charge in [-0.2, -0.15) is 0 Å². The van der Waals surface area contributed by atoms with Crippen molar-refractivity contribution in [3.05, 3.63) is 17.0 Å². The van der Waals surface area contributed by atoms with Crippen LogP contribution in [0.15, 0.2) is 4.52 Å². The van der Waals surface area contributed by atoms with E-state index in [1.165, 1.54) is 5.56 Å². The number of aromatic nitrogens is 1. The van der Waals surface area contributed by atoms with Crippen LogP contribution in [-0.4, -0.2) is 5.16 Å². The molecule has 0 aromatic carbocycles. The molecule has 0 bridgehead atoms. The van der Waals surface area contributed by atoms with Crippen LogP contribution >= 0.6 is 0 Å². The van der Waals surface area contributed by atoms with E-state index in [9.17, 15) is 0 Å². The lowest BCUT2D eigenvalue weighted by atomic mass is 9.95. The van der Waals surface area contributed by atoms with E-state index < -0.39 is 0 Å². The van der Waals surface area contributed by atoms with Gasteiger partial charge in [0.1, 0.15) is 5.76 Å². The largest absolute Gasteiger partial charge is 0.361 e. The monoisotopic (exact) mass is 181 g/mol. The quantitative estimate of drug-likeness (QED) is 0.713. The summed E-state index contributed by atoms with van der Waals surface area (Å²) in [5.74, 6) is 2.03. The lowest BCUT2D eigenvalue weighted by molar-refractivity contribution is 0.377. The van der Waals surface area contributed by atoms with E-state index in [0.717, 1.165) is 17.9 Å². The number of rotatable bonds is 3. The Morgan fingerprint density at radius 3 is 2.15 bits per heavy atom. The molecule has 0 spiro atoms. The van der Waals surface area contributed by atoms with Crippen LogP contribution in [0.2, 0.25) is 0 Å². The minimum atomic E-state index is 0.460. The first-order chi connectivity index (χ1) is 6.07. The molecule has 2 nitrogen and oxygen atoms in total. The molecule has 13 heavy (non-hydrogen) atoms. The smallest absolute Gasteiger partial charge is 0.140 e. The second-order valence-corrected chi connectivity index (χ2v) is 4.07. The molecule has 0 amide bonds. The van der Waals surface area contributed by atoms with E-state index in [1.807, 2.05) is 0 Å². The van der Waals surface area contributed by atoms with Gasteiger partial charge in [0, 0.05) is 12.0 Å². The molecule has 1 rings (SSSR count). The molecule has 0 aliphatic heterocycles. The third kappa shape index (κ3) is 1.93. The number of nitrogens with zero attached hydrogens (tertiary/aromatic N) is 1. The summed E-state index contributed by atoms with van der Waals surface area (Å²) in [6.45, 7) is 10.8. The topological polar surface area (TPSA) is 26.0 Å². The molecule has 0 aliphatic rings. The van der Waals surface area contributed by atoms with Crippen LogP contribution < -0.4 is 0 Å². The van der Waals surface area contributed by atoms with Crippen LogP contribution in [-0.2, 0) is 6.42 Å². The molecule has 1 aromatic heterocycles. The Balaban J connectivity index is 3.14. The predicted molar refractivity (Wildman–Crippen MR) is 54.1 cm³/mol. The molecule has 0 saturated carbocycles. The van der Waals surface area contributed by atoms with E-state index in [-0.39, 0.29) is 0 Å². The van der Waals surface area contributed by atoms with Gasteiger partial charge >= 0.3 is 0 Å². The van der Waals surface area contributed by atoms with Crippen molar-refractivity contribution in [3.8, 4) is 0 Å². The Bertz CT molecular complexity index is 274. The fourth-order valence-corrected chi connectivity index (χ4v) is 1.63. The summed E-state index contributed by atoms with van der Waals surface area (Å²) in [5.41, 5.74) is 2.45. The molecule has 0 radical (unpaired) electrons. The molecule has 0 aliphatic carbocycles. The van der Waals surface area contributed by atoms with Gasteiger partial charge in [0.2, 0.25) is 0 Å². The van der Waals surface area contributed by atoms with Crippen molar-refractivity contribution in [2.45, 2.75) is 52.9 Å². The Hall–Kier alpha value is -0.790. The molecule has 0 atom stereocenters. The predicted octanol–water partition coefficient (Wildman–Crippen LogP) is 3.48. The van der Waals surface area contributed by atoms with Gasteiger partial charge in [-0.15, -0.1) is 0 Å². The van der Waals surface area contributed by atoms with Gasteiger partial charge in [-0.05, 0) is 11.8 Å². The van der Waals surface area contributed by atoms with E-state index in [1.54, 1.807) is 0 Å². The third-order valence-corrected chi connectivity index (χ3v) is 2.28. The molecule has 0 N–H and O–H groups in total. The summed E-state index contributed by atoms with van der Waals surface area (Å²) in [4.78, 5) is 0. The van der Waals surface area contributed by atoms with E-state index >= 15 is 0 Å². The summed E-state index contributed by atoms with van der Waals surface area (Å²) in [6, 6.07) is 0. The fraction of sp³-hybridized carbons (Fsp3) is 0.727. The van der Waals surface area contributed by atoms with Gasteiger partial charge in [-0.25, -0.2) is 0 Å². The van der Waals surface area contributed by atoms with Crippen LogP contribution in [0.25, 0.3) is 0 Å². The summed E-state index contributed by atoms with van der Waals surface area (Å²) < 4.78 is 5.32. The van der Waals surface area contributed by atoms with Crippen molar-refractivity contribution < 1.29 is 4.52 Å². The Kier molecular flexibility index (Phi) is 3.12. The molecular formula is C11H19NO. The summed E-state index contributed by atoms with van der Waals surface area (Å²) in [5, 5.41) is 4.13. The van der Waals surface area contributed by atoms with Crippen LogP contribution in [0.4, 0.5) is 0 Å². The average molecular weight is 181 g/mol. The zero-order valence-electron chi connectivity index (χ0n) is 9.22. The van der Waals surface area contributed by atoms with Crippen LogP contribution in [0.5, 0.6) is 0 Å². The zero-order valence-corrected chi connectivity index (χ0v) is 9.22. The highest BCUT2D eigenvalue weighted by Crippen LogP contribution is 2.28. The van der Waals surface area contributed by atoms with Crippen molar-refractivity contribution in [3.63, 3.8) is 0 Å². The van der Waals surface area contributed by atoms with Crippen molar-refractivity contribution in [2.24, 2.45) is 0 Å². The molecule has 0 saturated heterocycles. The van der Waals surface area contributed by atoms with Gasteiger partial charge in [-0.3, -0.25) is 0 Å². The van der Waals surface area contributed by atoms with Crippen LogP contribution in [0.3, 0.4) is 0 Å². The molecule has 74 valence electrons. The van der Waals surface area contributed by atoms with Crippen molar-refractivity contribution in [2.75, 3.05) is 0 Å². The second kappa shape index (κ2) is 3.95. The van der Waals surface area contributed by atoms with Crippen molar-refractivity contribution in [1.82, 2.24) is 5.16 Å². The average Bonchev–Trinajstić information content (AvgIpc) is 2.46. The van der Waals surface area contributed by atoms with E-state index in [4.69, 9.17) is 4.52 Å². The van der Waals surface area contributed by atoms with Crippen molar-refractivity contribution >= 4 is 0 Å². The standard InChI is InChI=1S/C11H19NO/c1-6-9-10(7(2)3)11(8(4)5)12-13-9/h7-8H,6H2,1-5H3. The fourth-order valence-electron chi connectivity index (χ4n) is 1.63. The van der Waals surface area contributed by atoms with Crippen molar-refractivity contribution in [1.29, 1.82) is 0 Å². The highest BCUT2D eigenvalue weighted by Gasteiger charge is 2.19. The Morgan fingerprint density at radius 2 is 1.77 bits per heavy atom. The first-order valence-electron chi connectivity index (χ1n) is 5.06. The number of hydrogen-bond acceptors (Lipinski definition) is 2. The molecule has 1 aromatic rings. The summed E-state index contributed by atoms with van der Waals surface area (Å²) in [6.07, 6.45) is 0.938. The van der Waals surface area contributed by atoms with Gasteiger partial charge in [0.25, 0.3) is 0 Å². The normalized spacial score (nSPS) is 11.6. The van der Waals surface area contributed by atoms with Crippen LogP contribution in [0, 0.1) is 0 Å². The maximum atomic E-state index is 5.32. The highest BCUT2D eigenvalue weighted by molar-refractivity contribution is 5.28. The number of aryl methyl sites for hydroxylation is 1. The second-order valence-electron chi connectivity index (χ2n) is 4.07. The SMILES string of the molecule is CCc1onc(C(C)C)c1C(C)C. The minimum Gasteiger partial charge on any atom is -0.361 e. The van der Waals surface area contributed by atoms with Gasteiger partial charge in [0.05, 0.1) is 5.69 Å². The maximum Gasteiger partial charge on any atom is 0.140 e. The highest BCUT2D eigenvalue weighted by atomic mass is 16.5. The molecule has 0 fully saturated rings. The first kappa shape index (κ1) is 10.3. The third-order valence-electron chi connectivity index (χ3n) is 2.28. The lowest BCUT2D eigenvalue weighted by Gasteiger charge is -2.08. The first-order valence-corrected chi connectivity index (χ1v) is 5.06. The van der Waals surface area contributed by atoms with Gasteiger partial charge < -0.3 is 4.52 Å². The van der Waals surface area contributed by atoms with Gasteiger partial charge in [0.15, 0.2) is 0 Å². The molecule has 1 heterocycles. The molecule has 0 unspecified atom stereocenters. The van der Waals surface area contributed by atoms with E-state index in [2.05, 4.69) is 39.8 Å². The zero-order chi connectivity index (χ0) is 10.0. The Morgan fingerprint density at radius 1 is 1.15 bits per heavy atom. The maximum absolute atomic E-state index is 5.32. The van der Waals surface area contributed by atoms with Gasteiger partial charge in [-0.1, -0.05) is 39.8 Å². The minimum absolute atomic E-state index is 0.460. The van der Waals surface area contributed by atoms with Crippen LogP contribution in [0.1, 0.15) is 63.5 Å². The molecular weight excluding hydrogens is 162 g/mol. The summed E-state index contributed by atoms with van der Waals surface area (Å²) in [7, 11) is 0. The summed E-state index contributed by atoms with van der Waals surface area (Å²) >= 11 is 0. The van der Waals surface area contributed by atoms with E-state index in [0.29, 0.717) is 11.8 Å².